The maximum Gasteiger partial charge on any atom is 0.270 e. The lowest BCUT2D eigenvalue weighted by atomic mass is 10.1. The fraction of sp³-hybridized carbons (Fsp3) is 0.111. The van der Waals surface area contributed by atoms with Crippen molar-refractivity contribution in [3.05, 3.63) is 57.6 Å². The SMILES string of the molecule is COc1ccc(/C(O)=C(\C#N)C(=O)Nc2cc(Cl)cc(Cl)c2)cc1OC. The van der Waals surface area contributed by atoms with Crippen LogP contribution in [0.25, 0.3) is 5.76 Å². The number of anilines is 1. The van der Waals surface area contributed by atoms with Gasteiger partial charge in [0, 0.05) is 21.3 Å². The Balaban J connectivity index is 2.38. The highest BCUT2D eigenvalue weighted by Gasteiger charge is 2.18. The van der Waals surface area contributed by atoms with E-state index in [1.54, 1.807) is 12.1 Å². The lowest BCUT2D eigenvalue weighted by Gasteiger charge is -2.11. The largest absolute Gasteiger partial charge is 0.506 e. The number of aliphatic hydroxyl groups excluding tert-OH is 1. The molecular weight excluding hydrogens is 379 g/mol. The van der Waals surface area contributed by atoms with Crippen LogP contribution in [0.4, 0.5) is 5.69 Å². The molecule has 2 rings (SSSR count). The Kier molecular flexibility index (Phi) is 6.34. The molecule has 0 aliphatic carbocycles. The van der Waals surface area contributed by atoms with Gasteiger partial charge in [0.1, 0.15) is 11.8 Å². The van der Waals surface area contributed by atoms with Gasteiger partial charge in [-0.3, -0.25) is 4.79 Å². The summed E-state index contributed by atoms with van der Waals surface area (Å²) in [6.07, 6.45) is 0. The van der Waals surface area contributed by atoms with E-state index in [9.17, 15) is 15.2 Å². The van der Waals surface area contributed by atoms with Crippen LogP contribution in [0.5, 0.6) is 11.5 Å². The summed E-state index contributed by atoms with van der Waals surface area (Å²) in [4.78, 5) is 12.4. The molecule has 2 aromatic rings. The number of methoxy groups -OCH3 is 2. The second-order valence-electron chi connectivity index (χ2n) is 5.02. The quantitative estimate of drug-likeness (QED) is 0.445. The number of benzene rings is 2. The Morgan fingerprint density at radius 3 is 2.23 bits per heavy atom. The van der Waals surface area contributed by atoms with Gasteiger partial charge in [-0.25, -0.2) is 0 Å². The molecule has 2 aromatic carbocycles. The third kappa shape index (κ3) is 4.39. The summed E-state index contributed by atoms with van der Waals surface area (Å²) in [7, 11) is 2.90. The van der Waals surface area contributed by atoms with Crippen molar-refractivity contribution in [2.24, 2.45) is 0 Å². The Morgan fingerprint density at radius 1 is 1.08 bits per heavy atom. The summed E-state index contributed by atoms with van der Waals surface area (Å²) in [6.45, 7) is 0. The minimum Gasteiger partial charge on any atom is -0.506 e. The van der Waals surface area contributed by atoms with Crippen molar-refractivity contribution < 1.29 is 19.4 Å². The molecule has 0 saturated carbocycles. The molecule has 0 fully saturated rings. The maximum atomic E-state index is 12.4. The summed E-state index contributed by atoms with van der Waals surface area (Å²) in [5.41, 5.74) is 0.0344. The van der Waals surface area contributed by atoms with Crippen molar-refractivity contribution in [3.63, 3.8) is 0 Å². The monoisotopic (exact) mass is 392 g/mol. The second-order valence-corrected chi connectivity index (χ2v) is 5.89. The highest BCUT2D eigenvalue weighted by atomic mass is 35.5. The first-order valence-corrected chi connectivity index (χ1v) is 7.98. The van der Waals surface area contributed by atoms with E-state index in [0.717, 1.165) is 0 Å². The lowest BCUT2D eigenvalue weighted by Crippen LogP contribution is -2.15. The third-order valence-electron chi connectivity index (χ3n) is 3.35. The van der Waals surface area contributed by atoms with Crippen molar-refractivity contribution in [3.8, 4) is 17.6 Å². The molecule has 8 heteroatoms. The zero-order valence-corrected chi connectivity index (χ0v) is 15.4. The molecule has 0 aliphatic rings. The first-order valence-electron chi connectivity index (χ1n) is 7.22. The molecule has 0 radical (unpaired) electrons. The Bertz CT molecular complexity index is 900. The molecule has 0 aliphatic heterocycles. The molecule has 0 spiro atoms. The number of nitrogens with one attached hydrogen (secondary N) is 1. The predicted octanol–water partition coefficient (Wildman–Crippen LogP) is 4.44. The normalized spacial score (nSPS) is 11.2. The molecule has 134 valence electrons. The van der Waals surface area contributed by atoms with Gasteiger partial charge in [0.15, 0.2) is 17.1 Å². The fourth-order valence-electron chi connectivity index (χ4n) is 2.16. The summed E-state index contributed by atoms with van der Waals surface area (Å²) >= 11 is 11.8. The fourth-order valence-corrected chi connectivity index (χ4v) is 2.68. The van der Waals surface area contributed by atoms with Crippen molar-refractivity contribution in [1.29, 1.82) is 5.26 Å². The van der Waals surface area contributed by atoms with E-state index in [2.05, 4.69) is 5.32 Å². The van der Waals surface area contributed by atoms with Crippen molar-refractivity contribution in [2.75, 3.05) is 19.5 Å². The van der Waals surface area contributed by atoms with Crippen LogP contribution >= 0.6 is 23.2 Å². The van der Waals surface area contributed by atoms with E-state index >= 15 is 0 Å². The minimum atomic E-state index is -0.807. The number of aliphatic hydroxyl groups is 1. The van der Waals surface area contributed by atoms with E-state index in [0.29, 0.717) is 27.2 Å². The van der Waals surface area contributed by atoms with Crippen molar-refractivity contribution in [1.82, 2.24) is 0 Å². The van der Waals surface area contributed by atoms with Crippen LogP contribution in [-0.2, 0) is 4.79 Å². The van der Waals surface area contributed by atoms with Gasteiger partial charge < -0.3 is 19.9 Å². The van der Waals surface area contributed by atoms with Gasteiger partial charge in [0.2, 0.25) is 0 Å². The number of nitriles is 1. The average molecular weight is 393 g/mol. The van der Waals surface area contributed by atoms with Crippen LogP contribution in [0.15, 0.2) is 42.0 Å². The number of halogens is 2. The number of ether oxygens (including phenoxy) is 2. The predicted molar refractivity (Wildman–Crippen MR) is 99.8 cm³/mol. The highest BCUT2D eigenvalue weighted by Crippen LogP contribution is 2.31. The van der Waals surface area contributed by atoms with Crippen molar-refractivity contribution >= 4 is 40.6 Å². The van der Waals surface area contributed by atoms with E-state index in [1.165, 1.54) is 44.6 Å². The molecule has 0 aromatic heterocycles. The Hall–Kier alpha value is -2.88. The highest BCUT2D eigenvalue weighted by molar-refractivity contribution is 6.35. The standard InChI is InChI=1S/C18H14Cl2N2O4/c1-25-15-4-3-10(5-16(15)26-2)17(23)14(9-21)18(24)22-13-7-11(19)6-12(20)8-13/h3-8,23H,1-2H3,(H,22,24)/b17-14-. The summed E-state index contributed by atoms with van der Waals surface area (Å²) in [5.74, 6) is -0.520. The van der Waals surface area contributed by atoms with E-state index in [-0.39, 0.29) is 5.56 Å². The zero-order chi connectivity index (χ0) is 19.3. The van der Waals surface area contributed by atoms with Gasteiger partial charge in [-0.1, -0.05) is 23.2 Å². The summed E-state index contributed by atoms with van der Waals surface area (Å²) in [6, 6.07) is 10.6. The van der Waals surface area contributed by atoms with Gasteiger partial charge in [-0.15, -0.1) is 0 Å². The van der Waals surface area contributed by atoms with Gasteiger partial charge in [0.25, 0.3) is 5.91 Å². The Morgan fingerprint density at radius 2 is 1.69 bits per heavy atom. The number of hydrogen-bond donors (Lipinski definition) is 2. The van der Waals surface area contributed by atoms with Crippen LogP contribution in [0.3, 0.4) is 0 Å². The topological polar surface area (TPSA) is 91.6 Å². The second kappa shape index (κ2) is 8.48. The maximum absolute atomic E-state index is 12.4. The van der Waals surface area contributed by atoms with Crippen LogP contribution in [0, 0.1) is 11.3 Å². The van der Waals surface area contributed by atoms with Gasteiger partial charge >= 0.3 is 0 Å². The molecule has 0 unspecified atom stereocenters. The minimum absolute atomic E-state index is 0.221. The van der Waals surface area contributed by atoms with E-state index in [1.807, 2.05) is 0 Å². The number of hydrogen-bond acceptors (Lipinski definition) is 5. The number of nitrogens with zero attached hydrogens (tertiary/aromatic N) is 1. The molecule has 1 amide bonds. The van der Waals surface area contributed by atoms with Crippen LogP contribution in [0.1, 0.15) is 5.56 Å². The third-order valence-corrected chi connectivity index (χ3v) is 3.79. The molecular formula is C18H14Cl2N2O4. The molecule has 0 atom stereocenters. The summed E-state index contributed by atoms with van der Waals surface area (Å²) < 4.78 is 10.3. The number of carbonyl (C=O) groups is 1. The van der Waals surface area contributed by atoms with Crippen LogP contribution in [0.2, 0.25) is 10.0 Å². The van der Waals surface area contributed by atoms with Crippen molar-refractivity contribution in [2.45, 2.75) is 0 Å². The number of rotatable bonds is 5. The number of carbonyl (C=O) groups excluding carboxylic acids is 1. The molecule has 2 N–H and O–H groups in total. The van der Waals surface area contributed by atoms with Gasteiger partial charge in [-0.2, -0.15) is 5.26 Å². The molecule has 0 bridgehead atoms. The molecule has 0 heterocycles. The summed E-state index contributed by atoms with van der Waals surface area (Å²) in [5, 5.41) is 22.8. The zero-order valence-electron chi connectivity index (χ0n) is 13.8. The molecule has 0 saturated heterocycles. The Labute approximate surface area is 160 Å². The van der Waals surface area contributed by atoms with Gasteiger partial charge in [-0.05, 0) is 36.4 Å². The van der Waals surface area contributed by atoms with Crippen LogP contribution < -0.4 is 14.8 Å². The smallest absolute Gasteiger partial charge is 0.270 e. The first kappa shape index (κ1) is 19.4. The van der Waals surface area contributed by atoms with E-state index in [4.69, 9.17) is 32.7 Å². The first-order chi connectivity index (χ1) is 12.4. The van der Waals surface area contributed by atoms with E-state index < -0.39 is 17.2 Å². The van der Waals surface area contributed by atoms with Gasteiger partial charge in [0.05, 0.1) is 14.2 Å². The molecule has 6 nitrogen and oxygen atoms in total. The number of amides is 1. The van der Waals surface area contributed by atoms with Crippen LogP contribution in [-0.4, -0.2) is 25.2 Å². The lowest BCUT2D eigenvalue weighted by molar-refractivity contribution is -0.112. The molecule has 26 heavy (non-hydrogen) atoms. The average Bonchev–Trinajstić information content (AvgIpc) is 2.60.